The van der Waals surface area contributed by atoms with Gasteiger partial charge in [0.2, 0.25) is 5.28 Å². The number of aromatic nitrogens is 2. The van der Waals surface area contributed by atoms with E-state index in [4.69, 9.17) is 16.3 Å². The number of methoxy groups -OCH3 is 1. The largest absolute Gasteiger partial charge is 0.497 e. The lowest BCUT2D eigenvalue weighted by atomic mass is 9.98. The Morgan fingerprint density at radius 1 is 1.20 bits per heavy atom. The Morgan fingerprint density at radius 3 is 2.90 bits per heavy atom. The molecule has 0 unspecified atom stereocenters. The molecule has 0 fully saturated rings. The maximum Gasteiger partial charge on any atom is 0.223 e. The second-order valence-corrected chi connectivity index (χ2v) is 6.11. The molecule has 0 saturated carbocycles. The summed E-state index contributed by atoms with van der Waals surface area (Å²) in [5, 5.41) is 1.32. The fourth-order valence-corrected chi connectivity index (χ4v) is 3.65. The van der Waals surface area contributed by atoms with Crippen LogP contribution in [-0.4, -0.2) is 17.1 Å². The van der Waals surface area contributed by atoms with E-state index in [1.54, 1.807) is 18.9 Å². The van der Waals surface area contributed by atoms with Crippen LogP contribution in [0.25, 0.3) is 0 Å². The standard InChI is InChI=1S/C15H15ClN2OS/c1-19-10-5-4-6-11(9-10)20-14-12-7-2-3-8-13(12)17-15(16)18-14/h4-6,9H,2-3,7-8H2,1H3. The van der Waals surface area contributed by atoms with Gasteiger partial charge < -0.3 is 4.74 Å². The average molecular weight is 307 g/mol. The van der Waals surface area contributed by atoms with Gasteiger partial charge in [-0.1, -0.05) is 17.8 Å². The molecule has 0 atom stereocenters. The Bertz CT molecular complexity index is 633. The van der Waals surface area contributed by atoms with E-state index in [0.29, 0.717) is 5.28 Å². The quantitative estimate of drug-likeness (QED) is 0.630. The van der Waals surface area contributed by atoms with Crippen LogP contribution in [0.4, 0.5) is 0 Å². The summed E-state index contributed by atoms with van der Waals surface area (Å²) in [7, 11) is 1.67. The maximum absolute atomic E-state index is 6.05. The molecule has 0 spiro atoms. The van der Waals surface area contributed by atoms with Crippen LogP contribution in [0.1, 0.15) is 24.1 Å². The van der Waals surface area contributed by atoms with E-state index < -0.39 is 0 Å². The number of aryl methyl sites for hydroxylation is 1. The van der Waals surface area contributed by atoms with Gasteiger partial charge >= 0.3 is 0 Å². The van der Waals surface area contributed by atoms with Crippen molar-refractivity contribution in [1.29, 1.82) is 0 Å². The molecule has 0 amide bonds. The Labute approximate surface area is 127 Å². The molecule has 0 saturated heterocycles. The van der Waals surface area contributed by atoms with Gasteiger partial charge in [0.15, 0.2) is 0 Å². The lowest BCUT2D eigenvalue weighted by Gasteiger charge is -2.17. The molecule has 1 heterocycles. The molecule has 1 aliphatic rings. The summed E-state index contributed by atoms with van der Waals surface area (Å²) in [5.74, 6) is 0.851. The molecule has 1 aromatic heterocycles. The van der Waals surface area contributed by atoms with Gasteiger partial charge in [-0.25, -0.2) is 9.97 Å². The van der Waals surface area contributed by atoms with Crippen LogP contribution in [0.2, 0.25) is 5.28 Å². The monoisotopic (exact) mass is 306 g/mol. The number of benzene rings is 1. The van der Waals surface area contributed by atoms with Crippen LogP contribution >= 0.6 is 23.4 Å². The normalized spacial score (nSPS) is 13.9. The summed E-state index contributed by atoms with van der Waals surface area (Å²) in [6.45, 7) is 0. The zero-order chi connectivity index (χ0) is 13.9. The van der Waals surface area contributed by atoms with Gasteiger partial charge in [-0.05, 0) is 55.5 Å². The van der Waals surface area contributed by atoms with E-state index in [1.807, 2.05) is 18.2 Å². The van der Waals surface area contributed by atoms with Gasteiger partial charge in [-0.2, -0.15) is 0 Å². The predicted molar refractivity (Wildman–Crippen MR) is 80.8 cm³/mol. The van der Waals surface area contributed by atoms with E-state index in [1.165, 1.54) is 18.4 Å². The second-order valence-electron chi connectivity index (χ2n) is 4.71. The third-order valence-electron chi connectivity index (χ3n) is 3.37. The highest BCUT2D eigenvalue weighted by Gasteiger charge is 2.18. The molecule has 3 nitrogen and oxygen atoms in total. The molecule has 0 radical (unpaired) electrons. The highest BCUT2D eigenvalue weighted by molar-refractivity contribution is 7.99. The Balaban J connectivity index is 1.95. The highest BCUT2D eigenvalue weighted by atomic mass is 35.5. The number of ether oxygens (including phenoxy) is 1. The zero-order valence-corrected chi connectivity index (χ0v) is 12.8. The molecule has 1 aromatic carbocycles. The van der Waals surface area contributed by atoms with Crippen LogP contribution in [0.15, 0.2) is 34.2 Å². The van der Waals surface area contributed by atoms with Crippen molar-refractivity contribution in [3.05, 3.63) is 40.8 Å². The SMILES string of the molecule is COc1cccc(Sc2nc(Cl)nc3c2CCCC3)c1. The predicted octanol–water partition coefficient (Wildman–Crippen LogP) is 4.17. The van der Waals surface area contributed by atoms with Crippen LogP contribution in [-0.2, 0) is 12.8 Å². The van der Waals surface area contributed by atoms with Crippen molar-refractivity contribution in [2.75, 3.05) is 7.11 Å². The molecule has 0 N–H and O–H groups in total. The first-order chi connectivity index (χ1) is 9.76. The van der Waals surface area contributed by atoms with Crippen molar-refractivity contribution in [2.45, 2.75) is 35.6 Å². The van der Waals surface area contributed by atoms with Crippen molar-refractivity contribution in [2.24, 2.45) is 0 Å². The first-order valence-electron chi connectivity index (χ1n) is 6.63. The van der Waals surface area contributed by atoms with E-state index in [0.717, 1.165) is 34.2 Å². The van der Waals surface area contributed by atoms with E-state index in [9.17, 15) is 0 Å². The van der Waals surface area contributed by atoms with Crippen molar-refractivity contribution in [3.63, 3.8) is 0 Å². The average Bonchev–Trinajstić information content (AvgIpc) is 2.47. The minimum absolute atomic E-state index is 0.344. The topological polar surface area (TPSA) is 35.0 Å². The third-order valence-corrected chi connectivity index (χ3v) is 4.56. The second kappa shape index (κ2) is 6.02. The van der Waals surface area contributed by atoms with Gasteiger partial charge in [-0.3, -0.25) is 0 Å². The fourth-order valence-electron chi connectivity index (χ4n) is 2.39. The number of hydrogen-bond donors (Lipinski definition) is 0. The number of rotatable bonds is 3. The summed E-state index contributed by atoms with van der Waals surface area (Å²) in [6, 6.07) is 7.98. The minimum atomic E-state index is 0.344. The van der Waals surface area contributed by atoms with Crippen molar-refractivity contribution < 1.29 is 4.74 Å². The highest BCUT2D eigenvalue weighted by Crippen LogP contribution is 2.35. The number of hydrogen-bond acceptors (Lipinski definition) is 4. The zero-order valence-electron chi connectivity index (χ0n) is 11.2. The number of halogens is 1. The summed E-state index contributed by atoms with van der Waals surface area (Å²) in [4.78, 5) is 9.88. The summed E-state index contributed by atoms with van der Waals surface area (Å²) >= 11 is 7.68. The number of fused-ring (bicyclic) bond motifs is 1. The Kier molecular flexibility index (Phi) is 4.13. The summed E-state index contributed by atoms with van der Waals surface area (Å²) in [6.07, 6.45) is 4.43. The van der Waals surface area contributed by atoms with E-state index in [-0.39, 0.29) is 0 Å². The fraction of sp³-hybridized carbons (Fsp3) is 0.333. The van der Waals surface area contributed by atoms with E-state index >= 15 is 0 Å². The smallest absolute Gasteiger partial charge is 0.223 e. The van der Waals surface area contributed by atoms with Crippen LogP contribution in [0.3, 0.4) is 0 Å². The third kappa shape index (κ3) is 2.91. The first kappa shape index (κ1) is 13.7. The van der Waals surface area contributed by atoms with Crippen LogP contribution in [0, 0.1) is 0 Å². The van der Waals surface area contributed by atoms with Crippen molar-refractivity contribution >= 4 is 23.4 Å². The van der Waals surface area contributed by atoms with Crippen molar-refractivity contribution in [3.8, 4) is 5.75 Å². The maximum atomic E-state index is 6.05. The molecule has 3 rings (SSSR count). The number of nitrogens with zero attached hydrogens (tertiary/aromatic N) is 2. The summed E-state index contributed by atoms with van der Waals surface area (Å²) in [5.41, 5.74) is 2.37. The van der Waals surface area contributed by atoms with Gasteiger partial charge in [0, 0.05) is 16.2 Å². The van der Waals surface area contributed by atoms with Gasteiger partial charge in [-0.15, -0.1) is 0 Å². The molecule has 0 aliphatic heterocycles. The molecule has 104 valence electrons. The molecule has 2 aromatic rings. The van der Waals surface area contributed by atoms with Crippen molar-refractivity contribution in [1.82, 2.24) is 9.97 Å². The van der Waals surface area contributed by atoms with E-state index in [2.05, 4.69) is 16.0 Å². The van der Waals surface area contributed by atoms with Gasteiger partial charge in [0.25, 0.3) is 0 Å². The molecule has 20 heavy (non-hydrogen) atoms. The Hall–Kier alpha value is -1.26. The molecule has 0 bridgehead atoms. The van der Waals surface area contributed by atoms with Gasteiger partial charge in [0.1, 0.15) is 10.8 Å². The van der Waals surface area contributed by atoms with Crippen LogP contribution in [0.5, 0.6) is 5.75 Å². The van der Waals surface area contributed by atoms with Crippen LogP contribution < -0.4 is 4.74 Å². The molecular formula is C15H15ClN2OS. The summed E-state index contributed by atoms with van der Waals surface area (Å²) < 4.78 is 5.26. The Morgan fingerprint density at radius 2 is 2.05 bits per heavy atom. The minimum Gasteiger partial charge on any atom is -0.497 e. The lowest BCUT2D eigenvalue weighted by Crippen LogP contribution is -2.08. The van der Waals surface area contributed by atoms with Gasteiger partial charge in [0.05, 0.1) is 7.11 Å². The first-order valence-corrected chi connectivity index (χ1v) is 7.83. The lowest BCUT2D eigenvalue weighted by molar-refractivity contribution is 0.413. The molecule has 1 aliphatic carbocycles. The molecular weight excluding hydrogens is 292 g/mol. The molecule has 5 heteroatoms.